The summed E-state index contributed by atoms with van der Waals surface area (Å²) in [6, 6.07) is 17.1. The Labute approximate surface area is 216 Å². The summed E-state index contributed by atoms with van der Waals surface area (Å²) >= 11 is 8.52. The van der Waals surface area contributed by atoms with E-state index in [0.29, 0.717) is 11.4 Å². The molecule has 10 heteroatoms. The first kappa shape index (κ1) is 26.1. The van der Waals surface area contributed by atoms with Gasteiger partial charge in [-0.1, -0.05) is 48.0 Å². The summed E-state index contributed by atoms with van der Waals surface area (Å²) in [4.78, 5) is 36.3. The van der Waals surface area contributed by atoms with Gasteiger partial charge in [-0.15, -0.1) is 0 Å². The van der Waals surface area contributed by atoms with Gasteiger partial charge < -0.3 is 10.1 Å². The van der Waals surface area contributed by atoms with Crippen LogP contribution in [0.3, 0.4) is 0 Å². The lowest BCUT2D eigenvalue weighted by Crippen LogP contribution is -2.49. The van der Waals surface area contributed by atoms with Crippen molar-refractivity contribution >= 4 is 67.4 Å². The van der Waals surface area contributed by atoms with Crippen LogP contribution in [0.15, 0.2) is 59.1 Å². The van der Waals surface area contributed by atoms with Gasteiger partial charge in [0.2, 0.25) is 11.8 Å². The van der Waals surface area contributed by atoms with Crippen molar-refractivity contribution in [3.8, 4) is 5.75 Å². The molecule has 8 nitrogen and oxygen atoms in total. The maximum Gasteiger partial charge on any atom is 0.264 e. The van der Waals surface area contributed by atoms with Gasteiger partial charge in [0.25, 0.3) is 5.91 Å². The molecule has 0 fully saturated rings. The SMILES string of the molecule is Cc1ccc(NC(=O)CCC(=O)NNC(=S)NC(=O)COc2ccc3ccccc3c2Br)c(C)c1. The van der Waals surface area contributed by atoms with Gasteiger partial charge in [-0.25, -0.2) is 0 Å². The highest BCUT2D eigenvalue weighted by atomic mass is 79.9. The summed E-state index contributed by atoms with van der Waals surface area (Å²) in [5, 5.41) is 7.12. The lowest BCUT2D eigenvalue weighted by molar-refractivity contribution is -0.125. The number of aryl methyl sites for hydroxylation is 2. The van der Waals surface area contributed by atoms with E-state index >= 15 is 0 Å². The van der Waals surface area contributed by atoms with E-state index < -0.39 is 11.8 Å². The molecule has 3 aromatic rings. The smallest absolute Gasteiger partial charge is 0.264 e. The summed E-state index contributed by atoms with van der Waals surface area (Å²) in [7, 11) is 0. The maximum atomic E-state index is 12.1. The Morgan fingerprint density at radius 1 is 0.914 bits per heavy atom. The van der Waals surface area contributed by atoms with Crippen LogP contribution in [0, 0.1) is 13.8 Å². The van der Waals surface area contributed by atoms with Crippen LogP contribution < -0.4 is 26.2 Å². The molecule has 0 saturated heterocycles. The standard InChI is InChI=1S/C25H25BrN4O4S/c1-15-7-9-19(16(2)13-15)27-21(31)11-12-22(32)29-30-25(35)28-23(33)14-34-20-10-8-17-5-3-4-6-18(17)24(20)26/h3-10,13H,11-12,14H2,1-2H3,(H,27,31)(H,29,32)(H2,28,30,33,35). The summed E-state index contributed by atoms with van der Waals surface area (Å²) in [6.45, 7) is 3.60. The number of benzene rings is 3. The van der Waals surface area contributed by atoms with E-state index in [9.17, 15) is 14.4 Å². The first-order chi connectivity index (χ1) is 16.7. The van der Waals surface area contributed by atoms with Gasteiger partial charge in [-0.2, -0.15) is 0 Å². The Morgan fingerprint density at radius 2 is 1.66 bits per heavy atom. The van der Waals surface area contributed by atoms with E-state index in [1.807, 2.05) is 62.4 Å². The summed E-state index contributed by atoms with van der Waals surface area (Å²) in [6.07, 6.45) is -0.0617. The third-order valence-electron chi connectivity index (χ3n) is 4.99. The number of carbonyl (C=O) groups excluding carboxylic acids is 3. The predicted octanol–water partition coefficient (Wildman–Crippen LogP) is 4.04. The molecule has 0 radical (unpaired) electrons. The normalized spacial score (nSPS) is 10.4. The Bertz CT molecular complexity index is 1280. The van der Waals surface area contributed by atoms with Crippen LogP contribution >= 0.6 is 28.1 Å². The van der Waals surface area contributed by atoms with Crippen LogP contribution in [-0.2, 0) is 14.4 Å². The van der Waals surface area contributed by atoms with Gasteiger partial charge in [0, 0.05) is 18.5 Å². The monoisotopic (exact) mass is 556 g/mol. The lowest BCUT2D eigenvalue weighted by Gasteiger charge is -2.13. The molecule has 0 unspecified atom stereocenters. The van der Waals surface area contributed by atoms with Gasteiger partial charge in [0.15, 0.2) is 11.7 Å². The molecule has 0 aliphatic rings. The van der Waals surface area contributed by atoms with E-state index in [-0.39, 0.29) is 30.5 Å². The Kier molecular flexibility index (Phi) is 9.16. The zero-order chi connectivity index (χ0) is 25.4. The second-order valence-corrected chi connectivity index (χ2v) is 9.01. The van der Waals surface area contributed by atoms with Crippen molar-refractivity contribution in [2.75, 3.05) is 11.9 Å². The Hall–Kier alpha value is -3.50. The fourth-order valence-corrected chi connectivity index (χ4v) is 4.02. The zero-order valence-electron chi connectivity index (χ0n) is 19.2. The quantitative estimate of drug-likeness (QED) is 0.258. The molecule has 0 heterocycles. The van der Waals surface area contributed by atoms with Crippen LogP contribution in [0.5, 0.6) is 5.75 Å². The predicted molar refractivity (Wildman–Crippen MR) is 143 cm³/mol. The highest BCUT2D eigenvalue weighted by molar-refractivity contribution is 9.10. The van der Waals surface area contributed by atoms with Crippen molar-refractivity contribution in [3.05, 3.63) is 70.2 Å². The van der Waals surface area contributed by atoms with Crippen LogP contribution in [0.1, 0.15) is 24.0 Å². The van der Waals surface area contributed by atoms with E-state index in [2.05, 4.69) is 37.4 Å². The number of hydrogen-bond donors (Lipinski definition) is 4. The molecule has 0 aromatic heterocycles. The van der Waals surface area contributed by atoms with Crippen molar-refractivity contribution in [1.82, 2.24) is 16.2 Å². The molecule has 3 aromatic carbocycles. The first-order valence-electron chi connectivity index (χ1n) is 10.8. The van der Waals surface area contributed by atoms with E-state index in [4.69, 9.17) is 17.0 Å². The Balaban J connectivity index is 1.36. The number of fused-ring (bicyclic) bond motifs is 1. The first-order valence-corrected chi connectivity index (χ1v) is 12.0. The molecule has 0 bridgehead atoms. The number of anilines is 1. The number of ether oxygens (including phenoxy) is 1. The summed E-state index contributed by atoms with van der Waals surface area (Å²) in [5.41, 5.74) is 7.55. The van der Waals surface area contributed by atoms with Crippen molar-refractivity contribution in [1.29, 1.82) is 0 Å². The van der Waals surface area contributed by atoms with Crippen LogP contribution in [-0.4, -0.2) is 29.4 Å². The minimum absolute atomic E-state index is 0.00553. The minimum atomic E-state index is -0.496. The van der Waals surface area contributed by atoms with Gasteiger partial charge in [-0.3, -0.25) is 30.6 Å². The molecule has 3 amide bonds. The number of carbonyl (C=O) groups is 3. The second kappa shape index (κ2) is 12.3. The van der Waals surface area contributed by atoms with Crippen molar-refractivity contribution in [2.24, 2.45) is 0 Å². The molecule has 0 atom stereocenters. The highest BCUT2D eigenvalue weighted by Crippen LogP contribution is 2.32. The van der Waals surface area contributed by atoms with E-state index in [1.54, 1.807) is 6.07 Å². The van der Waals surface area contributed by atoms with Crippen LogP contribution in [0.4, 0.5) is 5.69 Å². The number of rotatable bonds is 7. The average Bonchev–Trinajstić information content (AvgIpc) is 2.83. The molecule has 182 valence electrons. The number of nitrogens with one attached hydrogen (secondary N) is 4. The van der Waals surface area contributed by atoms with Crippen molar-refractivity contribution in [3.63, 3.8) is 0 Å². The average molecular weight is 557 g/mol. The number of hydrazine groups is 1. The third-order valence-corrected chi connectivity index (χ3v) is 6.01. The number of halogens is 1. The fourth-order valence-electron chi connectivity index (χ4n) is 3.24. The number of amides is 3. The third kappa shape index (κ3) is 7.76. The lowest BCUT2D eigenvalue weighted by atomic mass is 10.1. The Morgan fingerprint density at radius 3 is 2.43 bits per heavy atom. The van der Waals surface area contributed by atoms with E-state index in [1.165, 1.54) is 0 Å². The minimum Gasteiger partial charge on any atom is -0.483 e. The molecule has 3 rings (SSSR count). The number of thiocarbonyl (C=S) groups is 1. The molecule has 0 aliphatic heterocycles. The zero-order valence-corrected chi connectivity index (χ0v) is 21.6. The van der Waals surface area contributed by atoms with Gasteiger partial charge in [0.1, 0.15) is 5.75 Å². The van der Waals surface area contributed by atoms with Gasteiger partial charge in [-0.05, 0) is 70.5 Å². The molecule has 0 aliphatic carbocycles. The van der Waals surface area contributed by atoms with Crippen molar-refractivity contribution in [2.45, 2.75) is 26.7 Å². The highest BCUT2D eigenvalue weighted by Gasteiger charge is 2.12. The number of hydrogen-bond acceptors (Lipinski definition) is 5. The largest absolute Gasteiger partial charge is 0.483 e. The van der Waals surface area contributed by atoms with Gasteiger partial charge in [0.05, 0.1) is 4.47 Å². The fraction of sp³-hybridized carbons (Fsp3) is 0.200. The second-order valence-electron chi connectivity index (χ2n) is 7.80. The molecule has 0 spiro atoms. The van der Waals surface area contributed by atoms with Crippen LogP contribution in [0.25, 0.3) is 10.8 Å². The van der Waals surface area contributed by atoms with Crippen LogP contribution in [0.2, 0.25) is 0 Å². The molecule has 4 N–H and O–H groups in total. The van der Waals surface area contributed by atoms with Gasteiger partial charge >= 0.3 is 0 Å². The molecular weight excluding hydrogens is 532 g/mol. The molecular formula is C25H25BrN4O4S. The molecule has 35 heavy (non-hydrogen) atoms. The summed E-state index contributed by atoms with van der Waals surface area (Å²) < 4.78 is 6.33. The summed E-state index contributed by atoms with van der Waals surface area (Å²) in [5.74, 6) is -0.705. The maximum absolute atomic E-state index is 12.1. The topological polar surface area (TPSA) is 109 Å². The van der Waals surface area contributed by atoms with E-state index in [0.717, 1.165) is 26.4 Å². The molecule has 0 saturated carbocycles. The van der Waals surface area contributed by atoms with Crippen molar-refractivity contribution < 1.29 is 19.1 Å².